The summed E-state index contributed by atoms with van der Waals surface area (Å²) in [5.41, 5.74) is -1.58. The SMILES string of the molecule is CC(C)(C)C1=C(Cc2ccccc2)C(c2ccccc2)(c2ccccn2)C(c2ccccc2)([N+](=O)[O-])C(C(C)(C)C)C1(C)O. The van der Waals surface area contributed by atoms with Crippen molar-refractivity contribution in [1.82, 2.24) is 4.98 Å². The minimum absolute atomic E-state index is 0.0984. The Balaban J connectivity index is 2.20. The van der Waals surface area contributed by atoms with Crippen LogP contribution in [0.3, 0.4) is 0 Å². The molecule has 228 valence electrons. The maximum absolute atomic E-state index is 14.6. The van der Waals surface area contributed by atoms with Gasteiger partial charge in [0.2, 0.25) is 0 Å². The van der Waals surface area contributed by atoms with Gasteiger partial charge in [0.25, 0.3) is 5.54 Å². The predicted octanol–water partition coefficient (Wildman–Crippen LogP) is 8.55. The van der Waals surface area contributed by atoms with Crippen LogP contribution in [-0.4, -0.2) is 20.6 Å². The fraction of sp³-hybridized carbons (Fsp3) is 0.359. The zero-order valence-electron chi connectivity index (χ0n) is 26.9. The van der Waals surface area contributed by atoms with Crippen molar-refractivity contribution in [1.29, 1.82) is 0 Å². The number of hydrogen-bond acceptors (Lipinski definition) is 4. The Kier molecular flexibility index (Phi) is 7.92. The van der Waals surface area contributed by atoms with Crippen molar-refractivity contribution in [3.05, 3.63) is 159 Å². The first-order valence-corrected chi connectivity index (χ1v) is 15.4. The Morgan fingerprint density at radius 1 is 0.773 bits per heavy atom. The van der Waals surface area contributed by atoms with Crippen LogP contribution in [0, 0.1) is 26.9 Å². The minimum atomic E-state index is -1.87. The molecule has 1 aromatic heterocycles. The summed E-state index contributed by atoms with van der Waals surface area (Å²) in [5, 5.41) is 27.8. The summed E-state index contributed by atoms with van der Waals surface area (Å²) in [6, 6.07) is 35.0. The Morgan fingerprint density at radius 2 is 1.27 bits per heavy atom. The van der Waals surface area contributed by atoms with E-state index >= 15 is 0 Å². The van der Waals surface area contributed by atoms with E-state index in [1.807, 2.05) is 125 Å². The van der Waals surface area contributed by atoms with Crippen molar-refractivity contribution in [3.63, 3.8) is 0 Å². The third kappa shape index (κ3) is 4.69. The minimum Gasteiger partial charge on any atom is -0.385 e. The fourth-order valence-corrected chi connectivity index (χ4v) is 8.78. The van der Waals surface area contributed by atoms with Gasteiger partial charge in [-0.25, -0.2) is 0 Å². The third-order valence-electron chi connectivity index (χ3n) is 9.41. The standard InChI is InChI=1S/C39H44N2O3/c1-35(2,3)33-31(27-28-19-11-8-12-20-28)38(29-21-13-9-14-22-29,32-25-17-18-26-40-32)39(41(43)44,30-23-15-10-16-24-30)34(36(4,5)6)37(33,7)42/h8-26,34,42H,27H2,1-7H3. The van der Waals surface area contributed by atoms with E-state index < -0.39 is 33.3 Å². The summed E-state index contributed by atoms with van der Waals surface area (Å²) < 4.78 is 0. The van der Waals surface area contributed by atoms with Gasteiger partial charge in [-0.1, -0.05) is 139 Å². The maximum Gasteiger partial charge on any atom is 0.272 e. The van der Waals surface area contributed by atoms with Crippen LogP contribution in [-0.2, 0) is 17.4 Å². The molecule has 0 bridgehead atoms. The lowest BCUT2D eigenvalue weighted by Gasteiger charge is -2.62. The van der Waals surface area contributed by atoms with Crippen molar-refractivity contribution in [2.45, 2.75) is 71.4 Å². The van der Waals surface area contributed by atoms with Gasteiger partial charge in [-0.2, -0.15) is 0 Å². The lowest BCUT2D eigenvalue weighted by molar-refractivity contribution is -0.613. The second-order valence-corrected chi connectivity index (χ2v) is 14.4. The van der Waals surface area contributed by atoms with Crippen molar-refractivity contribution in [2.75, 3.05) is 0 Å². The van der Waals surface area contributed by atoms with E-state index in [2.05, 4.69) is 32.9 Å². The maximum atomic E-state index is 14.6. The number of aromatic nitrogens is 1. The number of nitro groups is 1. The summed E-state index contributed by atoms with van der Waals surface area (Å²) in [4.78, 5) is 19.5. The number of rotatable bonds is 6. The topological polar surface area (TPSA) is 76.3 Å². The fourth-order valence-electron chi connectivity index (χ4n) is 8.78. The zero-order valence-corrected chi connectivity index (χ0v) is 26.9. The predicted molar refractivity (Wildman–Crippen MR) is 177 cm³/mol. The summed E-state index contributed by atoms with van der Waals surface area (Å²) in [6.45, 7) is 14.2. The first kappa shape index (κ1) is 31.3. The van der Waals surface area contributed by atoms with Crippen LogP contribution in [0.25, 0.3) is 0 Å². The average Bonchev–Trinajstić information content (AvgIpc) is 2.97. The number of nitrogens with zero attached hydrogens (tertiary/aromatic N) is 2. The number of benzene rings is 3. The molecule has 0 saturated heterocycles. The van der Waals surface area contributed by atoms with E-state index in [9.17, 15) is 15.2 Å². The van der Waals surface area contributed by atoms with Crippen LogP contribution in [0.2, 0.25) is 0 Å². The molecule has 4 aromatic rings. The monoisotopic (exact) mass is 588 g/mol. The molecule has 0 fully saturated rings. The van der Waals surface area contributed by atoms with E-state index in [1.165, 1.54) is 0 Å². The molecule has 0 radical (unpaired) electrons. The molecular formula is C39H44N2O3. The Hall–Kier alpha value is -4.09. The Labute approximate surface area is 261 Å². The quantitative estimate of drug-likeness (QED) is 0.139. The van der Waals surface area contributed by atoms with Crippen molar-refractivity contribution in [3.8, 4) is 0 Å². The lowest BCUT2D eigenvalue weighted by atomic mass is 9.40. The molecule has 3 aromatic carbocycles. The second-order valence-electron chi connectivity index (χ2n) is 14.4. The molecule has 5 rings (SSSR count). The van der Waals surface area contributed by atoms with Crippen LogP contribution in [0.5, 0.6) is 0 Å². The van der Waals surface area contributed by atoms with Crippen molar-refractivity contribution >= 4 is 0 Å². The molecule has 4 atom stereocenters. The number of pyridine rings is 1. The highest BCUT2D eigenvalue weighted by Gasteiger charge is 2.78. The molecule has 1 aliphatic carbocycles. The summed E-state index contributed by atoms with van der Waals surface area (Å²) in [5.74, 6) is -0.879. The van der Waals surface area contributed by atoms with Gasteiger partial charge in [0.1, 0.15) is 5.41 Å². The van der Waals surface area contributed by atoms with E-state index in [-0.39, 0.29) is 4.92 Å². The van der Waals surface area contributed by atoms with Gasteiger partial charge in [0, 0.05) is 16.7 Å². The molecule has 0 aliphatic heterocycles. The van der Waals surface area contributed by atoms with Crippen LogP contribution in [0.1, 0.15) is 70.9 Å². The van der Waals surface area contributed by atoms with Gasteiger partial charge >= 0.3 is 0 Å². The molecule has 4 unspecified atom stereocenters. The number of aliphatic hydroxyl groups is 1. The van der Waals surface area contributed by atoms with Crippen molar-refractivity contribution in [2.24, 2.45) is 16.7 Å². The normalized spacial score (nSPS) is 26.0. The second kappa shape index (κ2) is 11.1. The summed E-state index contributed by atoms with van der Waals surface area (Å²) in [6.07, 6.45) is 2.12. The van der Waals surface area contributed by atoms with E-state index in [0.29, 0.717) is 17.7 Å². The summed E-state index contributed by atoms with van der Waals surface area (Å²) in [7, 11) is 0. The highest BCUT2D eigenvalue weighted by atomic mass is 16.6. The van der Waals surface area contributed by atoms with Gasteiger partial charge in [0.15, 0.2) is 0 Å². The van der Waals surface area contributed by atoms with Crippen LogP contribution >= 0.6 is 0 Å². The van der Waals surface area contributed by atoms with E-state index in [0.717, 1.165) is 22.3 Å². The number of hydrogen-bond donors (Lipinski definition) is 1. The molecule has 1 N–H and O–H groups in total. The van der Waals surface area contributed by atoms with Gasteiger partial charge in [-0.05, 0) is 58.6 Å². The van der Waals surface area contributed by atoms with Crippen LogP contribution < -0.4 is 0 Å². The Morgan fingerprint density at radius 3 is 1.73 bits per heavy atom. The molecule has 5 nitrogen and oxygen atoms in total. The highest BCUT2D eigenvalue weighted by molar-refractivity contribution is 5.61. The molecule has 1 heterocycles. The van der Waals surface area contributed by atoms with Gasteiger partial charge < -0.3 is 5.11 Å². The molecule has 0 saturated carbocycles. The largest absolute Gasteiger partial charge is 0.385 e. The first-order chi connectivity index (χ1) is 20.7. The van der Waals surface area contributed by atoms with Crippen LogP contribution in [0.15, 0.2) is 127 Å². The first-order valence-electron chi connectivity index (χ1n) is 15.4. The van der Waals surface area contributed by atoms with Crippen LogP contribution in [0.4, 0.5) is 0 Å². The zero-order chi connectivity index (χ0) is 32.0. The summed E-state index contributed by atoms with van der Waals surface area (Å²) >= 11 is 0. The highest BCUT2D eigenvalue weighted by Crippen LogP contribution is 2.69. The molecule has 5 heteroatoms. The third-order valence-corrected chi connectivity index (χ3v) is 9.41. The lowest BCUT2D eigenvalue weighted by Crippen LogP contribution is -2.72. The molecule has 0 amide bonds. The van der Waals surface area contributed by atoms with Gasteiger partial charge in [0.05, 0.1) is 17.2 Å². The molecular weight excluding hydrogens is 544 g/mol. The molecule has 1 aliphatic rings. The molecule has 0 spiro atoms. The van der Waals surface area contributed by atoms with E-state index in [1.54, 1.807) is 6.20 Å². The van der Waals surface area contributed by atoms with Gasteiger partial charge in [-0.3, -0.25) is 15.1 Å². The van der Waals surface area contributed by atoms with Crippen molar-refractivity contribution < 1.29 is 10.0 Å². The Bertz CT molecular complexity index is 1590. The van der Waals surface area contributed by atoms with E-state index in [4.69, 9.17) is 4.98 Å². The average molecular weight is 589 g/mol. The molecule has 44 heavy (non-hydrogen) atoms. The smallest absolute Gasteiger partial charge is 0.272 e. The van der Waals surface area contributed by atoms with Gasteiger partial charge in [-0.15, -0.1) is 0 Å².